The molecule has 0 fully saturated rings. The van der Waals surface area contributed by atoms with Crippen molar-refractivity contribution >= 4 is 34.5 Å². The summed E-state index contributed by atoms with van der Waals surface area (Å²) in [5.41, 5.74) is 1.76. The number of anilines is 1. The summed E-state index contributed by atoms with van der Waals surface area (Å²) in [5.74, 6) is 2.10. The Morgan fingerprint density at radius 3 is 2.97 bits per heavy atom. The number of halogens is 1. The molecule has 9 heteroatoms. The highest BCUT2D eigenvalue weighted by atomic mass is 35.5. The molecule has 3 aromatic heterocycles. The van der Waals surface area contributed by atoms with Crippen molar-refractivity contribution in [2.45, 2.75) is 39.2 Å². The first kappa shape index (κ1) is 20.0. The molecule has 0 unspecified atom stereocenters. The minimum absolute atomic E-state index is 0.278. The molecule has 158 valence electrons. The molecule has 0 atom stereocenters. The van der Waals surface area contributed by atoms with Gasteiger partial charge in [0.05, 0.1) is 11.3 Å². The molecule has 7 nitrogen and oxygen atoms in total. The molecule has 0 bridgehead atoms. The van der Waals surface area contributed by atoms with Gasteiger partial charge >= 0.3 is 0 Å². The van der Waals surface area contributed by atoms with Crippen molar-refractivity contribution in [1.29, 1.82) is 0 Å². The number of amides is 1. The van der Waals surface area contributed by atoms with Crippen LogP contribution in [0.25, 0.3) is 22.2 Å². The van der Waals surface area contributed by atoms with E-state index in [4.69, 9.17) is 16.0 Å². The van der Waals surface area contributed by atoms with Crippen molar-refractivity contribution in [2.75, 3.05) is 5.32 Å². The largest absolute Gasteiger partial charge is 0.462 e. The van der Waals surface area contributed by atoms with Crippen LogP contribution in [0.2, 0.25) is 5.02 Å². The minimum Gasteiger partial charge on any atom is -0.462 e. The summed E-state index contributed by atoms with van der Waals surface area (Å²) in [4.78, 5) is 18.2. The predicted molar refractivity (Wildman–Crippen MR) is 121 cm³/mol. The third kappa shape index (κ3) is 3.88. The molecule has 0 spiro atoms. The zero-order chi connectivity index (χ0) is 21.4. The van der Waals surface area contributed by atoms with E-state index in [1.165, 1.54) is 17.8 Å². The maximum absolute atomic E-state index is 12.9. The van der Waals surface area contributed by atoms with Gasteiger partial charge in [-0.3, -0.25) is 4.79 Å². The van der Waals surface area contributed by atoms with E-state index in [1.807, 2.05) is 19.1 Å². The van der Waals surface area contributed by atoms with E-state index in [-0.39, 0.29) is 5.91 Å². The third-order valence-corrected chi connectivity index (χ3v) is 6.63. The molecular formula is C22H20ClN5O2S. The fourth-order valence-corrected chi connectivity index (χ4v) is 4.84. The van der Waals surface area contributed by atoms with E-state index >= 15 is 0 Å². The Morgan fingerprint density at radius 2 is 2.13 bits per heavy atom. The highest BCUT2D eigenvalue weighted by molar-refractivity contribution is 7.15. The normalized spacial score (nSPS) is 13.6. The molecule has 0 saturated heterocycles. The van der Waals surface area contributed by atoms with Gasteiger partial charge in [-0.15, -0.1) is 21.5 Å². The Bertz CT molecular complexity index is 1250. The quantitative estimate of drug-likeness (QED) is 0.434. The molecule has 0 aliphatic carbocycles. The monoisotopic (exact) mass is 453 g/mol. The van der Waals surface area contributed by atoms with E-state index in [9.17, 15) is 4.79 Å². The zero-order valence-electron chi connectivity index (χ0n) is 16.9. The van der Waals surface area contributed by atoms with E-state index in [2.05, 4.69) is 25.1 Å². The summed E-state index contributed by atoms with van der Waals surface area (Å²) in [5, 5.41) is 12.9. The highest BCUT2D eigenvalue weighted by Gasteiger charge is 2.21. The maximum Gasteiger partial charge on any atom is 0.275 e. The lowest BCUT2D eigenvalue weighted by Crippen LogP contribution is -2.13. The number of benzene rings is 1. The number of hydrogen-bond acceptors (Lipinski definition) is 6. The fourth-order valence-electron chi connectivity index (χ4n) is 3.76. The van der Waals surface area contributed by atoms with E-state index in [0.29, 0.717) is 27.2 Å². The second-order valence-electron chi connectivity index (χ2n) is 7.45. The summed E-state index contributed by atoms with van der Waals surface area (Å²) in [7, 11) is 0. The minimum atomic E-state index is -0.278. The third-order valence-electron chi connectivity index (χ3n) is 5.32. The van der Waals surface area contributed by atoms with Gasteiger partial charge in [0.1, 0.15) is 11.5 Å². The number of aromatic nitrogens is 4. The zero-order valence-corrected chi connectivity index (χ0v) is 18.5. The lowest BCUT2D eigenvalue weighted by atomic mass is 10.1. The number of rotatable bonds is 4. The number of nitrogens with one attached hydrogen (secondary N) is 1. The Morgan fingerprint density at radius 1 is 1.23 bits per heavy atom. The first-order valence-corrected chi connectivity index (χ1v) is 11.3. The Labute approximate surface area is 188 Å². The summed E-state index contributed by atoms with van der Waals surface area (Å²) in [6.45, 7) is 2.75. The summed E-state index contributed by atoms with van der Waals surface area (Å²) in [6, 6.07) is 9.02. The predicted octanol–water partition coefficient (Wildman–Crippen LogP) is 5.60. The van der Waals surface area contributed by atoms with Crippen molar-refractivity contribution in [1.82, 2.24) is 19.7 Å². The Kier molecular flexibility index (Phi) is 5.33. The topological polar surface area (TPSA) is 85.8 Å². The average molecular weight is 454 g/mol. The van der Waals surface area contributed by atoms with Gasteiger partial charge in [-0.1, -0.05) is 18.0 Å². The smallest absolute Gasteiger partial charge is 0.275 e. The van der Waals surface area contributed by atoms with Gasteiger partial charge < -0.3 is 14.3 Å². The Balaban J connectivity index is 1.43. The number of nitrogens with zero attached hydrogens (tertiary/aromatic N) is 4. The summed E-state index contributed by atoms with van der Waals surface area (Å²) < 4.78 is 7.54. The van der Waals surface area contributed by atoms with Crippen molar-refractivity contribution in [3.63, 3.8) is 0 Å². The van der Waals surface area contributed by atoms with Crippen molar-refractivity contribution < 1.29 is 9.21 Å². The number of carbonyl (C=O) groups excluding carboxylic acids is 1. The van der Waals surface area contributed by atoms with Crippen LogP contribution in [-0.2, 0) is 13.0 Å². The van der Waals surface area contributed by atoms with Gasteiger partial charge in [0.15, 0.2) is 16.6 Å². The number of fused-ring (bicyclic) bond motifs is 1. The average Bonchev–Trinajstić information content (AvgIpc) is 3.47. The van der Waals surface area contributed by atoms with E-state index in [0.717, 1.165) is 47.9 Å². The van der Waals surface area contributed by atoms with Crippen molar-refractivity contribution in [3.05, 3.63) is 58.0 Å². The molecule has 0 saturated carbocycles. The van der Waals surface area contributed by atoms with Crippen molar-refractivity contribution in [3.8, 4) is 22.2 Å². The number of carbonyl (C=O) groups is 1. The molecule has 1 N–H and O–H groups in total. The van der Waals surface area contributed by atoms with Crippen LogP contribution >= 0.6 is 22.9 Å². The van der Waals surface area contributed by atoms with Gasteiger partial charge in [-0.2, -0.15) is 0 Å². The molecular weight excluding hydrogens is 434 g/mol. The number of aryl methyl sites for hydroxylation is 2. The number of furan rings is 1. The first-order chi connectivity index (χ1) is 15.1. The van der Waals surface area contributed by atoms with Crippen LogP contribution in [0.3, 0.4) is 0 Å². The number of thiazole rings is 1. The highest BCUT2D eigenvalue weighted by Crippen LogP contribution is 2.32. The van der Waals surface area contributed by atoms with Crippen LogP contribution in [0.15, 0.2) is 41.0 Å². The van der Waals surface area contributed by atoms with Crippen LogP contribution in [0.4, 0.5) is 5.69 Å². The lowest BCUT2D eigenvalue weighted by molar-refractivity contribution is 0.102. The molecule has 1 amide bonds. The second-order valence-corrected chi connectivity index (χ2v) is 9.06. The summed E-state index contributed by atoms with van der Waals surface area (Å²) >= 11 is 7.92. The van der Waals surface area contributed by atoms with E-state index < -0.39 is 0 Å². The Hall–Kier alpha value is -2.97. The maximum atomic E-state index is 12.9. The van der Waals surface area contributed by atoms with Gasteiger partial charge in [0.2, 0.25) is 0 Å². The molecule has 4 aromatic rings. The van der Waals surface area contributed by atoms with E-state index in [1.54, 1.807) is 24.5 Å². The molecule has 1 aliphatic heterocycles. The molecule has 5 rings (SSSR count). The molecule has 0 radical (unpaired) electrons. The summed E-state index contributed by atoms with van der Waals surface area (Å²) in [6.07, 6.45) is 5.90. The van der Waals surface area contributed by atoms with Crippen LogP contribution < -0.4 is 5.32 Å². The molecule has 4 heterocycles. The number of hydrogen-bond donors (Lipinski definition) is 1. The first-order valence-electron chi connectivity index (χ1n) is 10.1. The molecule has 31 heavy (non-hydrogen) atoms. The van der Waals surface area contributed by atoms with Crippen LogP contribution in [0.5, 0.6) is 0 Å². The van der Waals surface area contributed by atoms with Crippen LogP contribution in [0.1, 0.15) is 40.5 Å². The van der Waals surface area contributed by atoms with Gasteiger partial charge in [-0.25, -0.2) is 4.98 Å². The lowest BCUT2D eigenvalue weighted by Gasteiger charge is -2.11. The standard InChI is InChI=1S/C22H20ClN5O2S/c1-13-19(25-22(31-13)17-6-5-11-30-17)21(29)24-14-8-9-16(23)15(12-14)20-27-26-18-7-3-2-4-10-28(18)20/h5-6,8-9,11-12H,2-4,7,10H2,1H3,(H,24,29). The SMILES string of the molecule is Cc1sc(-c2ccco2)nc1C(=O)Nc1ccc(Cl)c(-c2nnc3n2CCCCC3)c1. The fraction of sp³-hybridized carbons (Fsp3) is 0.273. The molecule has 1 aliphatic rings. The molecule has 1 aromatic carbocycles. The van der Waals surface area contributed by atoms with Crippen molar-refractivity contribution in [2.24, 2.45) is 0 Å². The van der Waals surface area contributed by atoms with Crippen LogP contribution in [0, 0.1) is 6.92 Å². The van der Waals surface area contributed by atoms with Gasteiger partial charge in [0.25, 0.3) is 5.91 Å². The second kappa shape index (κ2) is 8.28. The van der Waals surface area contributed by atoms with Gasteiger partial charge in [0, 0.05) is 29.1 Å². The van der Waals surface area contributed by atoms with Crippen LogP contribution in [-0.4, -0.2) is 25.7 Å². The van der Waals surface area contributed by atoms with Gasteiger partial charge in [-0.05, 0) is 50.1 Å².